The summed E-state index contributed by atoms with van der Waals surface area (Å²) in [6.07, 6.45) is 0. The lowest BCUT2D eigenvalue weighted by Crippen LogP contribution is -2.12. The number of hydrogen-bond donors (Lipinski definition) is 1. The van der Waals surface area contributed by atoms with E-state index < -0.39 is 0 Å². The second-order valence-electron chi connectivity index (χ2n) is 5.96. The van der Waals surface area contributed by atoms with Crippen LogP contribution in [0.25, 0.3) is 21.8 Å². The van der Waals surface area contributed by atoms with Crippen LogP contribution in [0.4, 0.5) is 5.13 Å². The van der Waals surface area contributed by atoms with E-state index in [4.69, 9.17) is 9.47 Å². The minimum atomic E-state index is -0.273. The van der Waals surface area contributed by atoms with Crippen molar-refractivity contribution in [3.8, 4) is 33.3 Å². The fourth-order valence-corrected chi connectivity index (χ4v) is 4.29. The van der Waals surface area contributed by atoms with Crippen molar-refractivity contribution < 1.29 is 14.3 Å². The SMILES string of the molecule is O=C(Nc1nc(-c2ccc3c(c2)OCO3)cs1)c1csc(-c2ccccc2)n1. The third-order valence-electron chi connectivity index (χ3n) is 4.15. The number of anilines is 1. The van der Waals surface area contributed by atoms with E-state index in [9.17, 15) is 4.79 Å². The molecule has 0 radical (unpaired) electrons. The molecule has 4 aromatic rings. The van der Waals surface area contributed by atoms with Crippen molar-refractivity contribution in [2.75, 3.05) is 12.1 Å². The molecule has 138 valence electrons. The Morgan fingerprint density at radius 2 is 1.79 bits per heavy atom. The maximum absolute atomic E-state index is 12.5. The van der Waals surface area contributed by atoms with Gasteiger partial charge in [0.25, 0.3) is 5.91 Å². The number of fused-ring (bicyclic) bond motifs is 1. The van der Waals surface area contributed by atoms with Crippen LogP contribution in [-0.4, -0.2) is 22.7 Å². The molecule has 0 saturated heterocycles. The van der Waals surface area contributed by atoms with Gasteiger partial charge in [0.1, 0.15) is 10.7 Å². The van der Waals surface area contributed by atoms with E-state index in [0.29, 0.717) is 16.6 Å². The van der Waals surface area contributed by atoms with Gasteiger partial charge in [0, 0.05) is 21.9 Å². The largest absolute Gasteiger partial charge is 0.454 e. The molecule has 2 aromatic carbocycles. The van der Waals surface area contributed by atoms with Gasteiger partial charge in [-0.05, 0) is 18.2 Å². The summed E-state index contributed by atoms with van der Waals surface area (Å²) in [5.41, 5.74) is 3.04. The van der Waals surface area contributed by atoms with Gasteiger partial charge in [0.2, 0.25) is 6.79 Å². The molecule has 5 rings (SSSR count). The maximum atomic E-state index is 12.5. The van der Waals surface area contributed by atoms with Crippen molar-refractivity contribution in [1.29, 1.82) is 0 Å². The Balaban J connectivity index is 1.32. The summed E-state index contributed by atoms with van der Waals surface area (Å²) in [7, 11) is 0. The summed E-state index contributed by atoms with van der Waals surface area (Å²) in [5.74, 6) is 1.15. The Morgan fingerprint density at radius 1 is 0.929 bits per heavy atom. The molecule has 1 aliphatic heterocycles. The highest BCUT2D eigenvalue weighted by Crippen LogP contribution is 2.36. The molecule has 0 aliphatic carbocycles. The average Bonchev–Trinajstić information content (AvgIpc) is 3.48. The normalized spacial score (nSPS) is 12.1. The first-order chi connectivity index (χ1) is 13.8. The minimum absolute atomic E-state index is 0.232. The second kappa shape index (κ2) is 7.06. The van der Waals surface area contributed by atoms with Crippen molar-refractivity contribution in [2.45, 2.75) is 0 Å². The molecular weight excluding hydrogens is 394 g/mol. The summed E-state index contributed by atoms with van der Waals surface area (Å²) in [6.45, 7) is 0.232. The number of benzene rings is 2. The number of amides is 1. The highest BCUT2D eigenvalue weighted by Gasteiger charge is 2.17. The molecule has 0 atom stereocenters. The molecule has 0 saturated carbocycles. The van der Waals surface area contributed by atoms with Crippen molar-refractivity contribution in [2.24, 2.45) is 0 Å². The van der Waals surface area contributed by atoms with Gasteiger partial charge in [0.05, 0.1) is 5.69 Å². The zero-order valence-electron chi connectivity index (χ0n) is 14.4. The number of rotatable bonds is 4. The lowest BCUT2D eigenvalue weighted by molar-refractivity contribution is 0.102. The molecule has 1 N–H and O–H groups in total. The molecule has 0 spiro atoms. The Labute approximate surface area is 168 Å². The summed E-state index contributed by atoms with van der Waals surface area (Å²) in [4.78, 5) is 21.5. The fourth-order valence-electron chi connectivity index (χ4n) is 2.77. The van der Waals surface area contributed by atoms with E-state index in [1.807, 2.05) is 53.9 Å². The predicted molar refractivity (Wildman–Crippen MR) is 109 cm³/mol. The predicted octanol–water partition coefficient (Wildman–Crippen LogP) is 4.91. The summed E-state index contributed by atoms with van der Waals surface area (Å²) >= 11 is 2.80. The van der Waals surface area contributed by atoms with Gasteiger partial charge in [-0.25, -0.2) is 9.97 Å². The lowest BCUT2D eigenvalue weighted by Gasteiger charge is -2.00. The summed E-state index contributed by atoms with van der Waals surface area (Å²) < 4.78 is 10.7. The molecule has 0 fully saturated rings. The van der Waals surface area contributed by atoms with Crippen LogP contribution < -0.4 is 14.8 Å². The first-order valence-electron chi connectivity index (χ1n) is 8.44. The van der Waals surface area contributed by atoms with Crippen LogP contribution in [0.15, 0.2) is 59.3 Å². The highest BCUT2D eigenvalue weighted by atomic mass is 32.1. The lowest BCUT2D eigenvalue weighted by atomic mass is 10.1. The molecule has 0 bridgehead atoms. The van der Waals surface area contributed by atoms with Crippen molar-refractivity contribution in [3.63, 3.8) is 0 Å². The molecule has 28 heavy (non-hydrogen) atoms. The number of nitrogens with one attached hydrogen (secondary N) is 1. The zero-order valence-corrected chi connectivity index (χ0v) is 16.0. The first-order valence-corrected chi connectivity index (χ1v) is 10.2. The monoisotopic (exact) mass is 407 g/mol. The Morgan fingerprint density at radius 3 is 2.68 bits per heavy atom. The number of carbonyl (C=O) groups excluding carboxylic acids is 1. The zero-order chi connectivity index (χ0) is 18.9. The summed E-state index contributed by atoms with van der Waals surface area (Å²) in [6, 6.07) is 15.4. The van der Waals surface area contributed by atoms with Crippen LogP contribution in [0.3, 0.4) is 0 Å². The Kier molecular flexibility index (Phi) is 4.27. The topological polar surface area (TPSA) is 73.3 Å². The number of aromatic nitrogens is 2. The molecular formula is C20H13N3O3S2. The number of nitrogens with zero attached hydrogens (tertiary/aromatic N) is 2. The van der Waals surface area contributed by atoms with Crippen LogP contribution in [0, 0.1) is 0 Å². The second-order valence-corrected chi connectivity index (χ2v) is 7.68. The van der Waals surface area contributed by atoms with Gasteiger partial charge >= 0.3 is 0 Å². The van der Waals surface area contributed by atoms with E-state index in [2.05, 4.69) is 15.3 Å². The third kappa shape index (κ3) is 3.23. The smallest absolute Gasteiger partial charge is 0.276 e. The molecule has 0 unspecified atom stereocenters. The number of carbonyl (C=O) groups is 1. The molecule has 3 heterocycles. The minimum Gasteiger partial charge on any atom is -0.454 e. The number of hydrogen-bond acceptors (Lipinski definition) is 7. The quantitative estimate of drug-likeness (QED) is 0.520. The van der Waals surface area contributed by atoms with E-state index >= 15 is 0 Å². The molecule has 1 amide bonds. The van der Waals surface area contributed by atoms with Gasteiger partial charge < -0.3 is 9.47 Å². The van der Waals surface area contributed by atoms with Gasteiger partial charge in [-0.1, -0.05) is 30.3 Å². The Hall–Kier alpha value is -3.23. The van der Waals surface area contributed by atoms with Crippen LogP contribution >= 0.6 is 22.7 Å². The number of thiazole rings is 2. The molecule has 6 nitrogen and oxygen atoms in total. The Bertz CT molecular complexity index is 1150. The van der Waals surface area contributed by atoms with Gasteiger partial charge in [-0.3, -0.25) is 10.1 Å². The van der Waals surface area contributed by atoms with Crippen molar-refractivity contribution >= 4 is 33.7 Å². The van der Waals surface area contributed by atoms with Gasteiger partial charge in [-0.2, -0.15) is 0 Å². The van der Waals surface area contributed by atoms with Gasteiger partial charge in [0.15, 0.2) is 16.6 Å². The van der Waals surface area contributed by atoms with Gasteiger partial charge in [-0.15, -0.1) is 22.7 Å². The van der Waals surface area contributed by atoms with E-state index in [-0.39, 0.29) is 12.7 Å². The van der Waals surface area contributed by atoms with E-state index in [1.165, 1.54) is 22.7 Å². The van der Waals surface area contributed by atoms with Crippen LogP contribution in [0.1, 0.15) is 10.5 Å². The number of ether oxygens (including phenoxy) is 2. The first kappa shape index (κ1) is 16.9. The van der Waals surface area contributed by atoms with Crippen molar-refractivity contribution in [1.82, 2.24) is 9.97 Å². The van der Waals surface area contributed by atoms with E-state index in [1.54, 1.807) is 5.38 Å². The molecule has 2 aromatic heterocycles. The maximum Gasteiger partial charge on any atom is 0.276 e. The molecule has 8 heteroatoms. The van der Waals surface area contributed by atoms with Crippen LogP contribution in [0.5, 0.6) is 11.5 Å². The average molecular weight is 407 g/mol. The third-order valence-corrected chi connectivity index (χ3v) is 5.80. The molecule has 1 aliphatic rings. The van der Waals surface area contributed by atoms with E-state index in [0.717, 1.165) is 27.6 Å². The summed E-state index contributed by atoms with van der Waals surface area (Å²) in [5, 5.41) is 7.80. The highest BCUT2D eigenvalue weighted by molar-refractivity contribution is 7.14. The van der Waals surface area contributed by atoms with Crippen LogP contribution in [0.2, 0.25) is 0 Å². The van der Waals surface area contributed by atoms with Crippen LogP contribution in [-0.2, 0) is 0 Å². The van der Waals surface area contributed by atoms with Crippen molar-refractivity contribution in [3.05, 3.63) is 65.0 Å². The fraction of sp³-hybridized carbons (Fsp3) is 0.0500. The standard InChI is InChI=1S/C20H13N3O3S2/c24-18(15-10-27-19(21-15)12-4-2-1-3-5-12)23-20-22-14(9-28-20)13-6-7-16-17(8-13)26-11-25-16/h1-10H,11H2,(H,22,23,24).